The van der Waals surface area contributed by atoms with E-state index in [0.717, 1.165) is 11.3 Å². The van der Waals surface area contributed by atoms with Crippen molar-refractivity contribution in [1.29, 1.82) is 0 Å². The number of imidazole rings is 1. The molecule has 0 radical (unpaired) electrons. The van der Waals surface area contributed by atoms with Crippen LogP contribution in [0, 0.1) is 0 Å². The molecule has 0 saturated heterocycles. The second kappa shape index (κ2) is 7.28. The molecule has 4 heterocycles. The number of carbonyl (C=O) groups excluding carboxylic acids is 1. The fourth-order valence-corrected chi connectivity index (χ4v) is 5.51. The molecular formula is C24H25F3N6O. The van der Waals surface area contributed by atoms with Crippen LogP contribution in [0.25, 0.3) is 11.3 Å². The molecule has 34 heavy (non-hydrogen) atoms. The molecule has 10 heteroatoms. The molecule has 1 amide bonds. The highest BCUT2D eigenvalue weighted by molar-refractivity contribution is 6.00. The van der Waals surface area contributed by atoms with Crippen LogP contribution in [0.5, 0.6) is 0 Å². The first-order chi connectivity index (χ1) is 16.0. The molecule has 7 nitrogen and oxygen atoms in total. The van der Waals surface area contributed by atoms with E-state index in [1.54, 1.807) is 31.6 Å². The van der Waals surface area contributed by atoms with E-state index in [-0.39, 0.29) is 17.9 Å². The van der Waals surface area contributed by atoms with Crippen molar-refractivity contribution in [1.82, 2.24) is 20.2 Å². The van der Waals surface area contributed by atoms with Gasteiger partial charge in [-0.2, -0.15) is 18.3 Å². The average molecular weight is 470 g/mol. The molecule has 2 unspecified atom stereocenters. The maximum atomic E-state index is 14.2. The van der Waals surface area contributed by atoms with Gasteiger partial charge >= 0.3 is 6.18 Å². The van der Waals surface area contributed by atoms with Gasteiger partial charge in [-0.15, -0.1) is 5.11 Å². The number of rotatable bonds is 3. The zero-order valence-electron chi connectivity index (χ0n) is 19.3. The number of nitrogens with zero attached hydrogens (tertiary/aromatic N) is 4. The fraction of sp³-hybridized carbons (Fsp3) is 0.417. The number of fused-ring (bicyclic) bond motifs is 1. The summed E-state index contributed by atoms with van der Waals surface area (Å²) in [6.45, 7) is 5.57. The van der Waals surface area contributed by atoms with Gasteiger partial charge in [-0.1, -0.05) is 25.1 Å². The quantitative estimate of drug-likeness (QED) is 0.693. The standard InChI is InChI=1S/C24H25F3N6O/c1-5-23(14-8-6-7-13(9-14)16-11-28-12-33(16)4)17-15(10-22(2,3)30-21(17)34)29-20-18(23)19(31-32-20)24(25,26)27/h6-9,11-12,20,29H,5,10H2,1-4H3,(H,30,34). The number of hydrogen-bond donors (Lipinski definition) is 2. The molecule has 2 atom stereocenters. The van der Waals surface area contributed by atoms with E-state index < -0.39 is 29.0 Å². The van der Waals surface area contributed by atoms with Crippen molar-refractivity contribution in [3.8, 4) is 11.3 Å². The van der Waals surface area contributed by atoms with Gasteiger partial charge < -0.3 is 15.2 Å². The largest absolute Gasteiger partial charge is 0.435 e. The highest BCUT2D eigenvalue weighted by atomic mass is 19.4. The number of azo groups is 1. The van der Waals surface area contributed by atoms with Crippen LogP contribution < -0.4 is 10.6 Å². The topological polar surface area (TPSA) is 83.7 Å². The van der Waals surface area contributed by atoms with Crippen molar-refractivity contribution >= 4 is 5.91 Å². The maximum Gasteiger partial charge on any atom is 0.435 e. The predicted octanol–water partition coefficient (Wildman–Crippen LogP) is 4.50. The minimum absolute atomic E-state index is 0.0294. The second-order valence-electron chi connectivity index (χ2n) is 9.62. The Bertz CT molecular complexity index is 1290. The summed E-state index contributed by atoms with van der Waals surface area (Å²) < 4.78 is 44.3. The van der Waals surface area contributed by atoms with Crippen LogP contribution in [0.2, 0.25) is 0 Å². The SMILES string of the molecule is CCC1(c2cccc(-c3cncn3C)c2)C2=C(CC(C)(C)NC2=O)NC2N=NC(C(F)(F)F)=C21. The number of allylic oxidation sites excluding steroid dienone is 1. The number of carbonyl (C=O) groups is 1. The molecule has 2 aromatic rings. The molecular weight excluding hydrogens is 445 g/mol. The van der Waals surface area contributed by atoms with Crippen LogP contribution in [-0.2, 0) is 17.3 Å². The summed E-state index contributed by atoms with van der Waals surface area (Å²) in [5.41, 5.74) is 0.131. The zero-order valence-corrected chi connectivity index (χ0v) is 19.3. The average Bonchev–Trinajstić information content (AvgIpc) is 3.37. The van der Waals surface area contributed by atoms with E-state index in [1.807, 2.05) is 37.6 Å². The minimum atomic E-state index is -4.71. The Labute approximate surface area is 194 Å². The Morgan fingerprint density at radius 3 is 2.68 bits per heavy atom. The third kappa shape index (κ3) is 3.19. The van der Waals surface area contributed by atoms with Crippen LogP contribution in [0.4, 0.5) is 13.2 Å². The summed E-state index contributed by atoms with van der Waals surface area (Å²) in [7, 11) is 1.85. The van der Waals surface area contributed by atoms with E-state index in [0.29, 0.717) is 23.3 Å². The monoisotopic (exact) mass is 470 g/mol. The highest BCUT2D eigenvalue weighted by Gasteiger charge is 2.57. The van der Waals surface area contributed by atoms with Gasteiger partial charge in [-0.25, -0.2) is 4.98 Å². The van der Waals surface area contributed by atoms with Gasteiger partial charge in [0.05, 0.1) is 29.2 Å². The first-order valence-corrected chi connectivity index (χ1v) is 11.1. The van der Waals surface area contributed by atoms with Crippen LogP contribution in [-0.4, -0.2) is 33.3 Å². The molecule has 1 aromatic carbocycles. The van der Waals surface area contributed by atoms with Crippen molar-refractivity contribution in [2.24, 2.45) is 17.3 Å². The van der Waals surface area contributed by atoms with Gasteiger partial charge in [-0.05, 0) is 31.9 Å². The Morgan fingerprint density at radius 1 is 1.26 bits per heavy atom. The van der Waals surface area contributed by atoms with E-state index in [4.69, 9.17) is 0 Å². The Morgan fingerprint density at radius 2 is 2.03 bits per heavy atom. The Kier molecular flexibility index (Phi) is 4.79. The predicted molar refractivity (Wildman–Crippen MR) is 119 cm³/mol. The number of aryl methyl sites for hydroxylation is 1. The Balaban J connectivity index is 1.83. The number of alkyl halides is 3. The molecule has 5 rings (SSSR count). The van der Waals surface area contributed by atoms with E-state index in [9.17, 15) is 18.0 Å². The van der Waals surface area contributed by atoms with Gasteiger partial charge in [0, 0.05) is 35.8 Å². The highest BCUT2D eigenvalue weighted by Crippen LogP contribution is 2.55. The van der Waals surface area contributed by atoms with Crippen molar-refractivity contribution < 1.29 is 18.0 Å². The number of benzene rings is 1. The lowest BCUT2D eigenvalue weighted by atomic mass is 9.61. The van der Waals surface area contributed by atoms with Crippen LogP contribution in [0.15, 0.2) is 69.6 Å². The Hall–Kier alpha value is -3.43. The van der Waals surface area contributed by atoms with E-state index in [2.05, 4.69) is 25.8 Å². The lowest BCUT2D eigenvalue weighted by Crippen LogP contribution is -2.58. The molecule has 0 spiro atoms. The fourth-order valence-electron chi connectivity index (χ4n) is 5.51. The normalized spacial score (nSPS) is 25.7. The van der Waals surface area contributed by atoms with E-state index in [1.165, 1.54) is 0 Å². The molecule has 0 bridgehead atoms. The summed E-state index contributed by atoms with van der Waals surface area (Å²) in [6, 6.07) is 7.31. The number of hydrogen-bond acceptors (Lipinski definition) is 5. The molecule has 0 saturated carbocycles. The van der Waals surface area contributed by atoms with Gasteiger partial charge in [0.25, 0.3) is 5.91 Å². The van der Waals surface area contributed by atoms with Crippen molar-refractivity contribution in [2.45, 2.75) is 56.9 Å². The molecule has 1 aromatic heterocycles. The summed E-state index contributed by atoms with van der Waals surface area (Å²) in [4.78, 5) is 17.7. The van der Waals surface area contributed by atoms with E-state index >= 15 is 0 Å². The van der Waals surface area contributed by atoms with Gasteiger partial charge in [0.2, 0.25) is 0 Å². The van der Waals surface area contributed by atoms with Gasteiger partial charge in [0.15, 0.2) is 11.9 Å². The lowest BCUT2D eigenvalue weighted by Gasteiger charge is -2.48. The van der Waals surface area contributed by atoms with Crippen LogP contribution >= 0.6 is 0 Å². The first kappa shape index (κ1) is 22.4. The summed E-state index contributed by atoms with van der Waals surface area (Å²) in [5, 5.41) is 13.6. The van der Waals surface area contributed by atoms with Crippen LogP contribution in [0.1, 0.15) is 39.2 Å². The zero-order chi connectivity index (χ0) is 24.5. The number of nitrogens with one attached hydrogen (secondary N) is 2. The third-order valence-electron chi connectivity index (χ3n) is 6.87. The first-order valence-electron chi connectivity index (χ1n) is 11.1. The molecule has 3 aliphatic rings. The molecule has 0 aliphatic carbocycles. The maximum absolute atomic E-state index is 14.2. The number of amides is 1. The third-order valence-corrected chi connectivity index (χ3v) is 6.87. The number of aromatic nitrogens is 2. The summed E-state index contributed by atoms with van der Waals surface area (Å²) in [6.07, 6.45) is -1.67. The second-order valence-corrected chi connectivity index (χ2v) is 9.62. The van der Waals surface area contributed by atoms with Gasteiger partial charge in [0.1, 0.15) is 0 Å². The summed E-state index contributed by atoms with van der Waals surface area (Å²) in [5.74, 6) is -0.383. The molecule has 178 valence electrons. The minimum Gasteiger partial charge on any atom is -0.362 e. The molecule has 0 fully saturated rings. The lowest BCUT2D eigenvalue weighted by molar-refractivity contribution is -0.120. The van der Waals surface area contributed by atoms with Crippen molar-refractivity contribution in [2.75, 3.05) is 0 Å². The smallest absolute Gasteiger partial charge is 0.362 e. The van der Waals surface area contributed by atoms with Crippen molar-refractivity contribution in [3.05, 3.63) is 64.9 Å². The molecule has 3 aliphatic heterocycles. The number of halogens is 3. The molecule has 2 N–H and O–H groups in total. The summed E-state index contributed by atoms with van der Waals surface area (Å²) >= 11 is 0. The van der Waals surface area contributed by atoms with Crippen LogP contribution in [0.3, 0.4) is 0 Å². The van der Waals surface area contributed by atoms with Gasteiger partial charge in [-0.3, -0.25) is 4.79 Å². The van der Waals surface area contributed by atoms with Crippen molar-refractivity contribution in [3.63, 3.8) is 0 Å².